The highest BCUT2D eigenvalue weighted by atomic mass is 32.2. The number of benzene rings is 1. The second-order valence-electron chi connectivity index (χ2n) is 10.7. The second-order valence-corrected chi connectivity index (χ2v) is 11.7. The molecule has 0 unspecified atom stereocenters. The fourth-order valence-electron chi connectivity index (χ4n) is 4.82. The van der Waals surface area contributed by atoms with Crippen LogP contribution in [-0.4, -0.2) is 87.7 Å². The summed E-state index contributed by atoms with van der Waals surface area (Å²) in [5, 5.41) is 20.7. The number of carboxylic acid groups (broad SMARTS) is 2. The van der Waals surface area contributed by atoms with Crippen molar-refractivity contribution >= 4 is 41.4 Å². The number of piperidine rings is 1. The molecule has 2 aliphatic rings. The van der Waals surface area contributed by atoms with Crippen molar-refractivity contribution in [3.63, 3.8) is 0 Å². The van der Waals surface area contributed by atoms with E-state index in [0.717, 1.165) is 18.2 Å². The normalized spacial score (nSPS) is 18.0. The molecule has 2 amide bonds. The number of rotatable bonds is 8. The van der Waals surface area contributed by atoms with Crippen molar-refractivity contribution in [1.29, 1.82) is 0 Å². The summed E-state index contributed by atoms with van der Waals surface area (Å²) in [7, 11) is 0. The number of amides is 2. The number of carboxylic acids is 2. The monoisotopic (exact) mass is 620 g/mol. The number of thioether (sulfide) groups is 1. The smallest absolute Gasteiger partial charge is 0.430 e. The lowest BCUT2D eigenvalue weighted by atomic mass is 9.80. The van der Waals surface area contributed by atoms with Crippen molar-refractivity contribution in [1.82, 2.24) is 10.2 Å². The van der Waals surface area contributed by atoms with E-state index >= 15 is 0 Å². The number of alkyl halides is 3. The molecule has 0 aliphatic carbocycles. The summed E-state index contributed by atoms with van der Waals surface area (Å²) >= 11 is 1.76. The summed E-state index contributed by atoms with van der Waals surface area (Å²) in [5.74, 6) is -2.86. The third kappa shape index (κ3) is 9.33. The molecular weight excluding hydrogens is 584 g/mol. The van der Waals surface area contributed by atoms with Crippen LogP contribution in [0.4, 0.5) is 17.6 Å². The second kappa shape index (κ2) is 14.7. The van der Waals surface area contributed by atoms with E-state index in [9.17, 15) is 31.9 Å². The van der Waals surface area contributed by atoms with Crippen LogP contribution in [0.15, 0.2) is 18.2 Å². The molecule has 3 rings (SSSR count). The highest BCUT2D eigenvalue weighted by Gasteiger charge is 2.41. The minimum atomic E-state index is -5.19. The van der Waals surface area contributed by atoms with E-state index in [1.54, 1.807) is 36.6 Å². The first kappa shape index (κ1) is 34.8. The van der Waals surface area contributed by atoms with E-state index in [4.69, 9.17) is 20.7 Å². The van der Waals surface area contributed by atoms with Crippen LogP contribution in [0.3, 0.4) is 0 Å². The SMILES string of the molecule is CC[C@H](NC(=O)c1ccc(/C(N)=[N+]2/CCSC2)cc1F)C(C)(C)C(=O)N1CCC(CC(=O)O)CC1.O=C([O-])C(F)(F)F. The average Bonchev–Trinajstić information content (AvgIpc) is 3.45. The molecule has 2 saturated heterocycles. The Morgan fingerprint density at radius 3 is 2.26 bits per heavy atom. The van der Waals surface area contributed by atoms with Crippen molar-refractivity contribution in [2.24, 2.45) is 17.1 Å². The zero-order valence-electron chi connectivity index (χ0n) is 23.6. The topological polar surface area (TPSA) is 156 Å². The quantitative estimate of drug-likeness (QED) is 0.226. The number of nitrogens with one attached hydrogen (secondary N) is 1. The number of hydrogen-bond donors (Lipinski definition) is 3. The number of carbonyl (C=O) groups is 4. The van der Waals surface area contributed by atoms with E-state index in [2.05, 4.69) is 5.32 Å². The lowest BCUT2D eigenvalue weighted by Crippen LogP contribution is -2.54. The highest BCUT2D eigenvalue weighted by molar-refractivity contribution is 7.99. The zero-order chi connectivity index (χ0) is 31.8. The lowest BCUT2D eigenvalue weighted by Gasteiger charge is -2.40. The molecule has 0 spiro atoms. The zero-order valence-corrected chi connectivity index (χ0v) is 24.4. The van der Waals surface area contributed by atoms with Crippen molar-refractivity contribution in [3.8, 4) is 0 Å². The molecule has 0 aromatic heterocycles. The molecule has 15 heteroatoms. The fraction of sp³-hybridized carbons (Fsp3) is 0.593. The summed E-state index contributed by atoms with van der Waals surface area (Å²) in [4.78, 5) is 47.8. The van der Waals surface area contributed by atoms with Gasteiger partial charge in [-0.3, -0.25) is 24.7 Å². The van der Waals surface area contributed by atoms with Crippen molar-refractivity contribution in [3.05, 3.63) is 35.1 Å². The summed E-state index contributed by atoms with van der Waals surface area (Å²) in [6, 6.07) is 3.86. The molecule has 4 N–H and O–H groups in total. The summed E-state index contributed by atoms with van der Waals surface area (Å²) in [6.07, 6.45) is -3.30. The van der Waals surface area contributed by atoms with Gasteiger partial charge in [-0.25, -0.2) is 4.39 Å². The molecule has 0 saturated carbocycles. The first-order chi connectivity index (χ1) is 19.5. The van der Waals surface area contributed by atoms with Crippen LogP contribution in [0, 0.1) is 17.2 Å². The van der Waals surface area contributed by atoms with Gasteiger partial charge in [-0.2, -0.15) is 13.2 Å². The molecule has 0 radical (unpaired) electrons. The maximum absolute atomic E-state index is 14.9. The number of amidine groups is 1. The van der Waals surface area contributed by atoms with Gasteiger partial charge in [-0.05, 0) is 57.2 Å². The molecule has 2 heterocycles. The van der Waals surface area contributed by atoms with Crippen LogP contribution >= 0.6 is 11.8 Å². The van der Waals surface area contributed by atoms with Crippen LogP contribution in [0.1, 0.15) is 62.4 Å². The molecule has 1 atom stereocenters. The molecule has 42 heavy (non-hydrogen) atoms. The van der Waals surface area contributed by atoms with Crippen LogP contribution in [0.2, 0.25) is 0 Å². The first-order valence-corrected chi connectivity index (χ1v) is 14.5. The Hall–Kier alpha value is -3.36. The Balaban J connectivity index is 0.000000782. The Morgan fingerprint density at radius 2 is 1.81 bits per heavy atom. The van der Waals surface area contributed by atoms with Gasteiger partial charge in [0.25, 0.3) is 11.7 Å². The minimum absolute atomic E-state index is 0.0720. The van der Waals surface area contributed by atoms with Crippen LogP contribution in [-0.2, 0) is 14.4 Å². The highest BCUT2D eigenvalue weighted by Crippen LogP contribution is 2.30. The van der Waals surface area contributed by atoms with E-state index in [-0.39, 0.29) is 23.8 Å². The number of aliphatic carboxylic acids is 2. The van der Waals surface area contributed by atoms with Gasteiger partial charge >= 0.3 is 12.1 Å². The summed E-state index contributed by atoms with van der Waals surface area (Å²) in [5.41, 5.74) is 5.72. The minimum Gasteiger partial charge on any atom is -0.542 e. The Bertz CT molecular complexity index is 1190. The molecule has 10 nitrogen and oxygen atoms in total. The van der Waals surface area contributed by atoms with E-state index in [0.29, 0.717) is 43.8 Å². The molecule has 2 aliphatic heterocycles. The Kier molecular flexibility index (Phi) is 12.2. The Labute approximate surface area is 245 Å². The third-order valence-corrected chi connectivity index (χ3v) is 8.30. The van der Waals surface area contributed by atoms with E-state index in [1.165, 1.54) is 12.1 Å². The number of nitrogens with two attached hydrogens (primary N) is 1. The van der Waals surface area contributed by atoms with Crippen molar-refractivity contribution in [2.45, 2.75) is 58.7 Å². The van der Waals surface area contributed by atoms with Crippen molar-refractivity contribution in [2.75, 3.05) is 31.3 Å². The number of carbonyl (C=O) groups excluding carboxylic acids is 3. The summed E-state index contributed by atoms with van der Waals surface area (Å²) in [6.45, 7) is 7.25. The standard InChI is InChI=1S/C25H35FN4O4S.C2HF3O2/c1-4-20(25(2,3)24(34)29-9-7-16(8-10-29)13-21(31)32)28-23(33)18-6-5-17(14-19(18)26)22(27)30-11-12-35-15-30;3-2(4,5)1(6)7/h5-6,14,16,20,27H,4,7-13,15H2,1-3H3,(H2,28,31,32,33);(H,6,7)/t20-;/m0./s1. The predicted octanol–water partition coefficient (Wildman–Crippen LogP) is 1.79. The predicted molar refractivity (Wildman–Crippen MR) is 145 cm³/mol. The van der Waals surface area contributed by atoms with Gasteiger partial charge in [0.05, 0.1) is 23.1 Å². The molecule has 1 aromatic carbocycles. The van der Waals surface area contributed by atoms with Gasteiger partial charge in [0.1, 0.15) is 17.7 Å². The van der Waals surface area contributed by atoms with Gasteiger partial charge in [-0.1, -0.05) is 6.92 Å². The van der Waals surface area contributed by atoms with Crippen LogP contribution in [0.5, 0.6) is 0 Å². The van der Waals surface area contributed by atoms with E-state index in [1.807, 2.05) is 11.5 Å². The molecule has 1 aromatic rings. The van der Waals surface area contributed by atoms with Gasteiger partial charge in [0.15, 0.2) is 0 Å². The Morgan fingerprint density at radius 1 is 1.21 bits per heavy atom. The fourth-order valence-corrected chi connectivity index (χ4v) is 5.78. The average molecular weight is 621 g/mol. The van der Waals surface area contributed by atoms with Gasteiger partial charge < -0.3 is 25.2 Å². The number of halogens is 4. The summed E-state index contributed by atoms with van der Waals surface area (Å²) < 4.78 is 48.4. The molecular formula is C27H36F4N4O6S. The molecule has 2 fully saturated rings. The van der Waals surface area contributed by atoms with Crippen molar-refractivity contribution < 1.29 is 51.5 Å². The number of nitrogens with zero attached hydrogens (tertiary/aromatic N) is 2. The van der Waals surface area contributed by atoms with Gasteiger partial charge in [0.2, 0.25) is 5.91 Å². The van der Waals surface area contributed by atoms with E-state index < -0.39 is 41.3 Å². The lowest BCUT2D eigenvalue weighted by molar-refractivity contribution is -0.495. The van der Waals surface area contributed by atoms with Crippen LogP contribution < -0.4 is 16.2 Å². The molecule has 234 valence electrons. The van der Waals surface area contributed by atoms with Gasteiger partial charge in [-0.15, -0.1) is 11.8 Å². The first-order valence-electron chi connectivity index (χ1n) is 13.3. The number of hydrogen-bond acceptors (Lipinski definition) is 6. The maximum atomic E-state index is 14.9. The molecule has 0 bridgehead atoms. The number of likely N-dealkylation sites (tertiary alicyclic amines) is 1. The van der Waals surface area contributed by atoms with Gasteiger partial charge in [0, 0.05) is 31.3 Å². The largest absolute Gasteiger partial charge is 0.542 e. The van der Waals surface area contributed by atoms with Crippen LogP contribution in [0.25, 0.3) is 0 Å². The maximum Gasteiger partial charge on any atom is 0.430 e. The third-order valence-electron chi connectivity index (χ3n) is 7.34.